The van der Waals surface area contributed by atoms with Crippen LogP contribution in [0.4, 0.5) is 0 Å². The minimum Gasteiger partial charge on any atom is -0.485 e. The lowest BCUT2D eigenvalue weighted by molar-refractivity contribution is -0.121. The van der Waals surface area contributed by atoms with Gasteiger partial charge in [-0.1, -0.05) is 67.4 Å². The van der Waals surface area contributed by atoms with Gasteiger partial charge in [-0.25, -0.2) is 0 Å². The molecule has 1 aliphatic rings. The van der Waals surface area contributed by atoms with Crippen LogP contribution in [-0.2, 0) is 11.4 Å². The number of aromatic nitrogens is 3. The second-order valence-electron chi connectivity index (χ2n) is 9.08. The average Bonchev–Trinajstić information content (AvgIpc) is 3.27. The summed E-state index contributed by atoms with van der Waals surface area (Å²) >= 11 is 1.33. The van der Waals surface area contributed by atoms with Crippen molar-refractivity contribution in [3.63, 3.8) is 0 Å². The highest BCUT2D eigenvalue weighted by Gasteiger charge is 2.35. The number of nitriles is 1. The Kier molecular flexibility index (Phi) is 7.76. The molecular formula is C27H31N5O2S. The van der Waals surface area contributed by atoms with Crippen LogP contribution in [0.25, 0.3) is 5.69 Å². The first-order chi connectivity index (χ1) is 16.9. The van der Waals surface area contributed by atoms with Gasteiger partial charge in [-0.15, -0.1) is 10.2 Å². The first-order valence-electron chi connectivity index (χ1n) is 12.0. The highest BCUT2D eigenvalue weighted by molar-refractivity contribution is 8.00. The standard InChI is InChI=1S/C27H31N5O2S/c1-19-11-10-12-20(2)24(19)34-17-23-30-31-26(32(23)22-13-6-4-7-14-22)35-21(3)25(33)29-27(18-28)15-8-5-9-16-27/h4,6-7,10-14,21H,5,8-9,15-17H2,1-3H3,(H,29,33). The molecule has 1 heterocycles. The summed E-state index contributed by atoms with van der Waals surface area (Å²) in [5.41, 5.74) is 2.25. The number of benzene rings is 2. The Morgan fingerprint density at radius 1 is 1.11 bits per heavy atom. The molecule has 3 aromatic rings. The maximum atomic E-state index is 13.1. The molecule has 1 N–H and O–H groups in total. The van der Waals surface area contributed by atoms with Crippen LogP contribution >= 0.6 is 11.8 Å². The van der Waals surface area contributed by atoms with Gasteiger partial charge in [-0.3, -0.25) is 9.36 Å². The number of para-hydroxylation sites is 2. The predicted octanol–water partition coefficient (Wildman–Crippen LogP) is 5.29. The normalized spacial score (nSPS) is 15.7. The smallest absolute Gasteiger partial charge is 0.234 e. The van der Waals surface area contributed by atoms with Crippen molar-refractivity contribution < 1.29 is 9.53 Å². The molecule has 182 valence electrons. The highest BCUT2D eigenvalue weighted by atomic mass is 32.2. The molecule has 1 fully saturated rings. The molecule has 7 nitrogen and oxygen atoms in total. The fourth-order valence-electron chi connectivity index (χ4n) is 4.44. The predicted molar refractivity (Wildman–Crippen MR) is 136 cm³/mol. The summed E-state index contributed by atoms with van der Waals surface area (Å²) in [5.74, 6) is 1.33. The van der Waals surface area contributed by atoms with Gasteiger partial charge in [0, 0.05) is 5.69 Å². The van der Waals surface area contributed by atoms with Crippen molar-refractivity contribution in [1.29, 1.82) is 5.26 Å². The minimum absolute atomic E-state index is 0.158. The first-order valence-corrected chi connectivity index (χ1v) is 12.9. The summed E-state index contributed by atoms with van der Waals surface area (Å²) < 4.78 is 8.10. The highest BCUT2D eigenvalue weighted by Crippen LogP contribution is 2.31. The van der Waals surface area contributed by atoms with Crippen molar-refractivity contribution in [2.45, 2.75) is 75.4 Å². The van der Waals surface area contributed by atoms with Crippen LogP contribution in [0.15, 0.2) is 53.7 Å². The molecule has 1 aromatic heterocycles. The van der Waals surface area contributed by atoms with E-state index in [1.54, 1.807) is 0 Å². The molecule has 1 atom stereocenters. The fourth-order valence-corrected chi connectivity index (χ4v) is 5.33. The Bertz CT molecular complexity index is 1190. The van der Waals surface area contributed by atoms with Crippen molar-refractivity contribution in [2.24, 2.45) is 0 Å². The molecule has 8 heteroatoms. The Hall–Kier alpha value is -3.31. The number of amides is 1. The largest absolute Gasteiger partial charge is 0.485 e. The zero-order valence-electron chi connectivity index (χ0n) is 20.5. The van der Waals surface area contributed by atoms with E-state index in [-0.39, 0.29) is 12.5 Å². The third-order valence-electron chi connectivity index (χ3n) is 6.40. The molecule has 4 rings (SSSR count). The number of nitrogens with one attached hydrogen (secondary N) is 1. The zero-order chi connectivity index (χ0) is 24.8. The van der Waals surface area contributed by atoms with E-state index in [9.17, 15) is 10.1 Å². The molecule has 35 heavy (non-hydrogen) atoms. The summed E-state index contributed by atoms with van der Waals surface area (Å²) in [6.45, 7) is 6.12. The number of hydrogen-bond acceptors (Lipinski definition) is 6. The topological polar surface area (TPSA) is 92.8 Å². The van der Waals surface area contributed by atoms with E-state index in [1.807, 2.05) is 73.9 Å². The van der Waals surface area contributed by atoms with Gasteiger partial charge in [0.25, 0.3) is 0 Å². The average molecular weight is 490 g/mol. The van der Waals surface area contributed by atoms with Gasteiger partial charge in [-0.2, -0.15) is 5.26 Å². The zero-order valence-corrected chi connectivity index (χ0v) is 21.3. The molecule has 0 bridgehead atoms. The van der Waals surface area contributed by atoms with Gasteiger partial charge in [0.05, 0.1) is 11.3 Å². The minimum atomic E-state index is -0.762. The number of carbonyl (C=O) groups is 1. The molecule has 1 unspecified atom stereocenters. The van der Waals surface area contributed by atoms with Crippen LogP contribution in [0.2, 0.25) is 0 Å². The lowest BCUT2D eigenvalue weighted by Gasteiger charge is -2.32. The maximum Gasteiger partial charge on any atom is 0.234 e. The quantitative estimate of drug-likeness (QED) is 0.433. The van der Waals surface area contributed by atoms with E-state index in [0.717, 1.165) is 41.8 Å². The maximum absolute atomic E-state index is 13.1. The summed E-state index contributed by atoms with van der Waals surface area (Å²) in [6.07, 6.45) is 4.43. The van der Waals surface area contributed by atoms with Gasteiger partial charge in [-0.05, 0) is 56.9 Å². The van der Waals surface area contributed by atoms with Crippen LogP contribution in [0.5, 0.6) is 5.75 Å². The van der Waals surface area contributed by atoms with Crippen molar-refractivity contribution in [3.05, 3.63) is 65.5 Å². The Morgan fingerprint density at radius 3 is 2.46 bits per heavy atom. The molecule has 0 aliphatic heterocycles. The Morgan fingerprint density at radius 2 is 1.80 bits per heavy atom. The van der Waals surface area contributed by atoms with Gasteiger partial charge in [0.1, 0.15) is 17.9 Å². The van der Waals surface area contributed by atoms with E-state index in [0.29, 0.717) is 23.8 Å². The molecule has 0 spiro atoms. The van der Waals surface area contributed by atoms with E-state index >= 15 is 0 Å². The number of rotatable bonds is 8. The molecule has 1 amide bonds. The molecule has 2 aromatic carbocycles. The summed E-state index contributed by atoms with van der Waals surface area (Å²) in [4.78, 5) is 13.1. The molecular weight excluding hydrogens is 458 g/mol. The molecule has 1 saturated carbocycles. The van der Waals surface area contributed by atoms with Crippen molar-refractivity contribution >= 4 is 17.7 Å². The number of hydrogen-bond donors (Lipinski definition) is 1. The monoisotopic (exact) mass is 489 g/mol. The first kappa shape index (κ1) is 24.8. The van der Waals surface area contributed by atoms with E-state index in [2.05, 4.69) is 21.6 Å². The fraction of sp³-hybridized carbons (Fsp3) is 0.407. The molecule has 1 aliphatic carbocycles. The van der Waals surface area contributed by atoms with Crippen molar-refractivity contribution in [1.82, 2.24) is 20.1 Å². The number of ether oxygens (including phenoxy) is 1. The van der Waals surface area contributed by atoms with E-state index in [4.69, 9.17) is 4.74 Å². The van der Waals surface area contributed by atoms with Crippen LogP contribution < -0.4 is 10.1 Å². The summed E-state index contributed by atoms with van der Waals surface area (Å²) in [7, 11) is 0. The van der Waals surface area contributed by atoms with Crippen molar-refractivity contribution in [3.8, 4) is 17.5 Å². The number of thioether (sulfide) groups is 1. The SMILES string of the molecule is Cc1cccc(C)c1OCc1nnc(SC(C)C(=O)NC2(C#N)CCCCC2)n1-c1ccccc1. The second-order valence-corrected chi connectivity index (χ2v) is 10.4. The Labute approximate surface area is 210 Å². The third kappa shape index (κ3) is 5.68. The lowest BCUT2D eigenvalue weighted by atomic mass is 9.83. The third-order valence-corrected chi connectivity index (χ3v) is 7.45. The number of nitrogens with zero attached hydrogens (tertiary/aromatic N) is 4. The van der Waals surface area contributed by atoms with E-state index < -0.39 is 10.8 Å². The van der Waals surface area contributed by atoms with Crippen LogP contribution in [-0.4, -0.2) is 31.5 Å². The van der Waals surface area contributed by atoms with Crippen LogP contribution in [0.3, 0.4) is 0 Å². The Balaban J connectivity index is 1.55. The van der Waals surface area contributed by atoms with Gasteiger partial charge in [0.15, 0.2) is 11.0 Å². The number of carbonyl (C=O) groups excluding carboxylic acids is 1. The van der Waals surface area contributed by atoms with Gasteiger partial charge >= 0.3 is 0 Å². The van der Waals surface area contributed by atoms with Crippen molar-refractivity contribution in [2.75, 3.05) is 0 Å². The van der Waals surface area contributed by atoms with Gasteiger partial charge in [0.2, 0.25) is 5.91 Å². The summed E-state index contributed by atoms with van der Waals surface area (Å²) in [5, 5.41) is 21.7. The second kappa shape index (κ2) is 11.0. The van der Waals surface area contributed by atoms with Crippen LogP contribution in [0, 0.1) is 25.2 Å². The molecule has 0 saturated heterocycles. The molecule has 0 radical (unpaired) electrons. The van der Waals surface area contributed by atoms with Crippen LogP contribution in [0.1, 0.15) is 56.0 Å². The van der Waals surface area contributed by atoms with Gasteiger partial charge < -0.3 is 10.1 Å². The number of aryl methyl sites for hydroxylation is 2. The summed E-state index contributed by atoms with van der Waals surface area (Å²) in [6, 6.07) is 18.2. The lowest BCUT2D eigenvalue weighted by Crippen LogP contribution is -2.51. The van der Waals surface area contributed by atoms with E-state index in [1.165, 1.54) is 11.8 Å².